The molecule has 0 aliphatic carbocycles. The Labute approximate surface area is 117 Å². The molecule has 2 aromatic rings. The highest BCUT2D eigenvalue weighted by molar-refractivity contribution is 5.80. The third-order valence-electron chi connectivity index (χ3n) is 3.69. The van der Waals surface area contributed by atoms with Gasteiger partial charge in [0, 0.05) is 13.1 Å². The van der Waals surface area contributed by atoms with Gasteiger partial charge in [0.15, 0.2) is 0 Å². The summed E-state index contributed by atoms with van der Waals surface area (Å²) >= 11 is 0. The number of fused-ring (bicyclic) bond motifs is 1. The van der Waals surface area contributed by atoms with Gasteiger partial charge in [-0.2, -0.15) is 0 Å². The maximum atomic E-state index is 12.3. The second-order valence-electron chi connectivity index (χ2n) is 4.93. The predicted octanol–water partition coefficient (Wildman–Crippen LogP) is 1.65. The Morgan fingerprint density at radius 2 is 2.10 bits per heavy atom. The van der Waals surface area contributed by atoms with E-state index in [1.165, 1.54) is 10.8 Å². The first-order valence-corrected chi connectivity index (χ1v) is 6.74. The van der Waals surface area contributed by atoms with Gasteiger partial charge < -0.3 is 4.90 Å². The van der Waals surface area contributed by atoms with E-state index in [-0.39, 0.29) is 24.1 Å². The van der Waals surface area contributed by atoms with Crippen molar-refractivity contribution in [1.82, 2.24) is 14.5 Å². The first-order valence-electron chi connectivity index (χ1n) is 6.74. The topological polar surface area (TPSA) is 55.2 Å². The minimum atomic E-state index is -0.255. The second-order valence-corrected chi connectivity index (χ2v) is 4.93. The van der Waals surface area contributed by atoms with Gasteiger partial charge in [-0.25, -0.2) is 4.98 Å². The molecule has 1 aromatic heterocycles. The molecule has 0 aliphatic rings. The van der Waals surface area contributed by atoms with Crippen molar-refractivity contribution < 1.29 is 4.79 Å². The Morgan fingerprint density at radius 3 is 2.80 bits per heavy atom. The van der Waals surface area contributed by atoms with E-state index >= 15 is 0 Å². The van der Waals surface area contributed by atoms with Crippen LogP contribution in [-0.4, -0.2) is 33.4 Å². The molecular formula is C15H19N3O2. The molecule has 0 spiro atoms. The SMILES string of the molecule is CCC(C)N(C)C(=O)Cn1c(=O)cnc2ccccc21. The Bertz CT molecular complexity index is 678. The predicted molar refractivity (Wildman–Crippen MR) is 78.5 cm³/mol. The van der Waals surface area contributed by atoms with Gasteiger partial charge in [-0.1, -0.05) is 19.1 Å². The van der Waals surface area contributed by atoms with E-state index < -0.39 is 0 Å². The van der Waals surface area contributed by atoms with Gasteiger partial charge in [0.1, 0.15) is 6.54 Å². The number of para-hydroxylation sites is 2. The fourth-order valence-electron chi connectivity index (χ4n) is 2.04. The Balaban J connectivity index is 2.36. The highest BCUT2D eigenvalue weighted by Crippen LogP contribution is 2.09. The van der Waals surface area contributed by atoms with E-state index in [2.05, 4.69) is 4.98 Å². The van der Waals surface area contributed by atoms with E-state index in [4.69, 9.17) is 0 Å². The lowest BCUT2D eigenvalue weighted by Gasteiger charge is -2.24. The summed E-state index contributed by atoms with van der Waals surface area (Å²) < 4.78 is 1.48. The highest BCUT2D eigenvalue weighted by Gasteiger charge is 2.16. The zero-order chi connectivity index (χ0) is 14.7. The van der Waals surface area contributed by atoms with Crippen LogP contribution in [0.25, 0.3) is 11.0 Å². The summed E-state index contributed by atoms with van der Waals surface area (Å²) in [7, 11) is 1.77. The molecule has 20 heavy (non-hydrogen) atoms. The van der Waals surface area contributed by atoms with Crippen molar-refractivity contribution >= 4 is 16.9 Å². The fourth-order valence-corrected chi connectivity index (χ4v) is 2.04. The number of hydrogen-bond acceptors (Lipinski definition) is 3. The van der Waals surface area contributed by atoms with Gasteiger partial charge in [0.2, 0.25) is 5.91 Å². The van der Waals surface area contributed by atoms with Gasteiger partial charge in [0.25, 0.3) is 5.56 Å². The van der Waals surface area contributed by atoms with E-state index in [9.17, 15) is 9.59 Å². The summed E-state index contributed by atoms with van der Waals surface area (Å²) in [6.45, 7) is 4.07. The monoisotopic (exact) mass is 273 g/mol. The number of carbonyl (C=O) groups excluding carboxylic acids is 1. The number of likely N-dealkylation sites (N-methyl/N-ethyl adjacent to an activating group) is 1. The van der Waals surface area contributed by atoms with Crippen molar-refractivity contribution in [3.05, 3.63) is 40.8 Å². The molecule has 0 saturated heterocycles. The molecule has 1 atom stereocenters. The molecule has 5 nitrogen and oxygen atoms in total. The number of amides is 1. The summed E-state index contributed by atoms with van der Waals surface area (Å²) in [4.78, 5) is 30.0. The van der Waals surface area contributed by atoms with Gasteiger partial charge in [-0.15, -0.1) is 0 Å². The normalized spacial score (nSPS) is 12.3. The lowest BCUT2D eigenvalue weighted by atomic mass is 10.2. The summed E-state index contributed by atoms with van der Waals surface area (Å²) in [5.74, 6) is -0.0715. The van der Waals surface area contributed by atoms with E-state index in [0.29, 0.717) is 11.0 Å². The molecule has 1 aromatic carbocycles. The van der Waals surface area contributed by atoms with Crippen LogP contribution in [-0.2, 0) is 11.3 Å². The first-order chi connectivity index (χ1) is 9.54. The zero-order valence-corrected chi connectivity index (χ0v) is 12.0. The van der Waals surface area contributed by atoms with Crippen LogP contribution in [0, 0.1) is 0 Å². The number of nitrogens with zero attached hydrogens (tertiary/aromatic N) is 3. The molecule has 0 N–H and O–H groups in total. The van der Waals surface area contributed by atoms with Crippen LogP contribution < -0.4 is 5.56 Å². The first kappa shape index (κ1) is 14.2. The molecule has 0 radical (unpaired) electrons. The molecule has 0 fully saturated rings. The molecular weight excluding hydrogens is 254 g/mol. The highest BCUT2D eigenvalue weighted by atomic mass is 16.2. The molecule has 0 saturated carbocycles. The average Bonchev–Trinajstić information content (AvgIpc) is 2.48. The minimum absolute atomic E-state index is 0.0444. The largest absolute Gasteiger partial charge is 0.342 e. The number of benzene rings is 1. The molecule has 2 rings (SSSR count). The van der Waals surface area contributed by atoms with E-state index in [0.717, 1.165) is 6.42 Å². The Kier molecular flexibility index (Phi) is 4.17. The molecule has 0 aliphatic heterocycles. The van der Waals surface area contributed by atoms with Crippen LogP contribution in [0.15, 0.2) is 35.3 Å². The van der Waals surface area contributed by atoms with Crippen LogP contribution in [0.1, 0.15) is 20.3 Å². The van der Waals surface area contributed by atoms with Crippen molar-refractivity contribution in [2.45, 2.75) is 32.9 Å². The molecule has 1 heterocycles. The Hall–Kier alpha value is -2.17. The van der Waals surface area contributed by atoms with Crippen molar-refractivity contribution in [1.29, 1.82) is 0 Å². The lowest BCUT2D eigenvalue weighted by molar-refractivity contribution is -0.132. The van der Waals surface area contributed by atoms with Crippen molar-refractivity contribution in [3.8, 4) is 0 Å². The summed E-state index contributed by atoms with van der Waals surface area (Å²) in [5, 5.41) is 0. The van der Waals surface area contributed by atoms with Crippen LogP contribution in [0.3, 0.4) is 0 Å². The second kappa shape index (κ2) is 5.86. The van der Waals surface area contributed by atoms with Crippen molar-refractivity contribution in [2.75, 3.05) is 7.05 Å². The van der Waals surface area contributed by atoms with Gasteiger partial charge in [-0.3, -0.25) is 14.2 Å². The lowest BCUT2D eigenvalue weighted by Crippen LogP contribution is -2.39. The maximum Gasteiger partial charge on any atom is 0.269 e. The quantitative estimate of drug-likeness (QED) is 0.851. The standard InChI is InChI=1S/C15H19N3O2/c1-4-11(2)17(3)15(20)10-18-13-8-6-5-7-12(13)16-9-14(18)19/h5-9,11H,4,10H2,1-3H3. The van der Waals surface area contributed by atoms with E-state index in [1.807, 2.05) is 32.0 Å². The van der Waals surface area contributed by atoms with Crippen LogP contribution in [0.2, 0.25) is 0 Å². The average molecular weight is 273 g/mol. The third-order valence-corrected chi connectivity index (χ3v) is 3.69. The van der Waals surface area contributed by atoms with E-state index in [1.54, 1.807) is 18.0 Å². The van der Waals surface area contributed by atoms with Gasteiger partial charge in [-0.05, 0) is 25.5 Å². The smallest absolute Gasteiger partial charge is 0.269 e. The third kappa shape index (κ3) is 2.71. The van der Waals surface area contributed by atoms with Crippen LogP contribution in [0.5, 0.6) is 0 Å². The minimum Gasteiger partial charge on any atom is -0.342 e. The molecule has 1 amide bonds. The van der Waals surface area contributed by atoms with Crippen molar-refractivity contribution in [3.63, 3.8) is 0 Å². The zero-order valence-electron chi connectivity index (χ0n) is 12.0. The molecule has 5 heteroatoms. The molecule has 1 unspecified atom stereocenters. The summed E-state index contributed by atoms with van der Waals surface area (Å²) in [6.07, 6.45) is 2.15. The van der Waals surface area contributed by atoms with Gasteiger partial charge in [0.05, 0.1) is 17.2 Å². The molecule has 0 bridgehead atoms. The summed E-state index contributed by atoms with van der Waals surface area (Å²) in [6, 6.07) is 7.49. The van der Waals surface area contributed by atoms with Gasteiger partial charge >= 0.3 is 0 Å². The van der Waals surface area contributed by atoms with Crippen molar-refractivity contribution in [2.24, 2.45) is 0 Å². The maximum absolute atomic E-state index is 12.3. The fraction of sp³-hybridized carbons (Fsp3) is 0.400. The number of aromatic nitrogens is 2. The van der Waals surface area contributed by atoms with Crippen LogP contribution in [0.4, 0.5) is 0 Å². The number of carbonyl (C=O) groups is 1. The number of hydrogen-bond donors (Lipinski definition) is 0. The van der Waals surface area contributed by atoms with Crippen LogP contribution >= 0.6 is 0 Å². The Morgan fingerprint density at radius 1 is 1.40 bits per heavy atom. The molecule has 106 valence electrons. The number of rotatable bonds is 4. The summed E-state index contributed by atoms with van der Waals surface area (Å²) in [5.41, 5.74) is 1.14.